The molecule has 3 rings (SSSR count). The molecule has 2 aromatic carbocycles. The second-order valence-corrected chi connectivity index (χ2v) is 6.41. The van der Waals surface area contributed by atoms with Crippen molar-refractivity contribution in [2.24, 2.45) is 0 Å². The molecule has 7 heteroatoms. The number of rotatable bonds is 6. The van der Waals surface area contributed by atoms with Crippen molar-refractivity contribution in [2.45, 2.75) is 20.3 Å². The lowest BCUT2D eigenvalue weighted by molar-refractivity contribution is 0.0505. The Kier molecular flexibility index (Phi) is 6.19. The number of para-hydroxylation sites is 1. The predicted molar refractivity (Wildman–Crippen MR) is 110 cm³/mol. The molecule has 0 unspecified atom stereocenters. The Labute approximate surface area is 168 Å². The minimum atomic E-state index is -0.624. The molecule has 1 amide bonds. The molecule has 1 N–H and O–H groups in total. The lowest BCUT2D eigenvalue weighted by Crippen LogP contribution is -2.26. The third-order valence-electron chi connectivity index (χ3n) is 4.14. The molecule has 0 atom stereocenters. The fourth-order valence-corrected chi connectivity index (χ4v) is 2.69. The Morgan fingerprint density at radius 3 is 2.41 bits per heavy atom. The summed E-state index contributed by atoms with van der Waals surface area (Å²) in [5.74, 6) is -1.04. The van der Waals surface area contributed by atoms with Gasteiger partial charge in [-0.05, 0) is 49.7 Å². The highest BCUT2D eigenvalue weighted by Gasteiger charge is 2.16. The van der Waals surface area contributed by atoms with Gasteiger partial charge in [0.15, 0.2) is 5.69 Å². The summed E-state index contributed by atoms with van der Waals surface area (Å²) in [6.07, 6.45) is 0.740. The highest BCUT2D eigenvalue weighted by molar-refractivity contribution is 6.03. The fraction of sp³-hybridized carbons (Fsp3) is 0.182. The van der Waals surface area contributed by atoms with E-state index in [9.17, 15) is 14.4 Å². The molecule has 0 spiro atoms. The first kappa shape index (κ1) is 20.0. The van der Waals surface area contributed by atoms with Gasteiger partial charge in [0, 0.05) is 17.4 Å². The summed E-state index contributed by atoms with van der Waals surface area (Å²) in [4.78, 5) is 36.8. The van der Waals surface area contributed by atoms with Gasteiger partial charge in [0.2, 0.25) is 5.43 Å². The van der Waals surface area contributed by atoms with Gasteiger partial charge in [-0.25, -0.2) is 9.48 Å². The van der Waals surface area contributed by atoms with Crippen LogP contribution in [0.2, 0.25) is 0 Å². The van der Waals surface area contributed by atoms with E-state index in [1.807, 2.05) is 37.3 Å². The molecular formula is C22H21N3O4. The lowest BCUT2D eigenvalue weighted by atomic mass is 10.2. The number of ether oxygens (including phenoxy) is 1. The molecule has 0 aliphatic rings. The molecule has 1 aromatic heterocycles. The number of hydrogen-bond acceptors (Lipinski definition) is 5. The number of hydrogen-bond donors (Lipinski definition) is 1. The van der Waals surface area contributed by atoms with Gasteiger partial charge in [-0.3, -0.25) is 9.59 Å². The van der Waals surface area contributed by atoms with Gasteiger partial charge >= 0.3 is 5.97 Å². The summed E-state index contributed by atoms with van der Waals surface area (Å²) < 4.78 is 6.61. The Bertz CT molecular complexity index is 1070. The Balaban J connectivity index is 1.81. The average Bonchev–Trinajstić information content (AvgIpc) is 2.73. The molecule has 0 saturated heterocycles. The predicted octanol–water partition coefficient (Wildman–Crippen LogP) is 3.36. The second-order valence-electron chi connectivity index (χ2n) is 6.41. The standard InChI is InChI=1S/C22H21N3O4/c1-3-13-29-22(28)16-9-11-17(12-10-16)23-21(27)20-19(26)14-15(2)25(24-20)18-7-5-4-6-8-18/h4-12,14H,3,13H2,1-2H3,(H,23,27). The fourth-order valence-electron chi connectivity index (χ4n) is 2.69. The van der Waals surface area contributed by atoms with Crippen molar-refractivity contribution in [2.75, 3.05) is 11.9 Å². The Morgan fingerprint density at radius 2 is 1.76 bits per heavy atom. The van der Waals surface area contributed by atoms with E-state index in [1.54, 1.807) is 35.9 Å². The minimum Gasteiger partial charge on any atom is -0.462 e. The molecule has 1 heterocycles. The lowest BCUT2D eigenvalue weighted by Gasteiger charge is -2.11. The monoisotopic (exact) mass is 391 g/mol. The van der Waals surface area contributed by atoms with E-state index >= 15 is 0 Å². The molecule has 0 saturated carbocycles. The van der Waals surface area contributed by atoms with Gasteiger partial charge in [0.25, 0.3) is 5.91 Å². The van der Waals surface area contributed by atoms with Crippen LogP contribution in [-0.4, -0.2) is 28.3 Å². The molecular weight excluding hydrogens is 370 g/mol. The van der Waals surface area contributed by atoms with Crippen LogP contribution < -0.4 is 10.7 Å². The largest absolute Gasteiger partial charge is 0.462 e. The van der Waals surface area contributed by atoms with Gasteiger partial charge in [-0.2, -0.15) is 5.10 Å². The van der Waals surface area contributed by atoms with E-state index in [0.29, 0.717) is 23.6 Å². The van der Waals surface area contributed by atoms with Gasteiger partial charge in [-0.1, -0.05) is 25.1 Å². The highest BCUT2D eigenvalue weighted by atomic mass is 16.5. The van der Waals surface area contributed by atoms with E-state index in [-0.39, 0.29) is 5.69 Å². The number of nitrogens with one attached hydrogen (secondary N) is 1. The molecule has 7 nitrogen and oxygen atoms in total. The zero-order valence-electron chi connectivity index (χ0n) is 16.2. The van der Waals surface area contributed by atoms with Gasteiger partial charge in [0.1, 0.15) is 0 Å². The maximum atomic E-state index is 12.6. The molecule has 0 aliphatic carbocycles. The number of aromatic nitrogens is 2. The van der Waals surface area contributed by atoms with E-state index in [1.165, 1.54) is 6.07 Å². The minimum absolute atomic E-state index is 0.217. The maximum Gasteiger partial charge on any atom is 0.338 e. The maximum absolute atomic E-state index is 12.6. The number of anilines is 1. The first-order chi connectivity index (χ1) is 14.0. The quantitative estimate of drug-likeness (QED) is 0.651. The molecule has 29 heavy (non-hydrogen) atoms. The third kappa shape index (κ3) is 4.76. The van der Waals surface area contributed by atoms with Crippen LogP contribution in [0.15, 0.2) is 65.5 Å². The van der Waals surface area contributed by atoms with Crippen LogP contribution in [0.25, 0.3) is 5.69 Å². The summed E-state index contributed by atoms with van der Waals surface area (Å²) in [5.41, 5.74) is 1.51. The number of benzene rings is 2. The van der Waals surface area contributed by atoms with Crippen LogP contribution in [0.4, 0.5) is 5.69 Å². The number of nitrogens with zero attached hydrogens (tertiary/aromatic N) is 2. The third-order valence-corrected chi connectivity index (χ3v) is 4.14. The summed E-state index contributed by atoms with van der Waals surface area (Å²) in [6.45, 7) is 4.01. The summed E-state index contributed by atoms with van der Waals surface area (Å²) in [6, 6.07) is 16.9. The highest BCUT2D eigenvalue weighted by Crippen LogP contribution is 2.12. The van der Waals surface area contributed by atoms with Crippen LogP contribution >= 0.6 is 0 Å². The summed E-state index contributed by atoms with van der Waals surface area (Å²) >= 11 is 0. The number of carbonyl (C=O) groups is 2. The van der Waals surface area contributed by atoms with Crippen molar-refractivity contribution in [3.05, 3.63) is 87.8 Å². The number of esters is 1. The van der Waals surface area contributed by atoms with Gasteiger partial charge in [-0.15, -0.1) is 0 Å². The van der Waals surface area contributed by atoms with Gasteiger partial charge < -0.3 is 10.1 Å². The van der Waals surface area contributed by atoms with Crippen molar-refractivity contribution in [1.29, 1.82) is 0 Å². The zero-order chi connectivity index (χ0) is 20.8. The topological polar surface area (TPSA) is 90.3 Å². The van der Waals surface area contributed by atoms with E-state index < -0.39 is 17.3 Å². The molecule has 0 fully saturated rings. The molecule has 0 aliphatic heterocycles. The van der Waals surface area contributed by atoms with Crippen molar-refractivity contribution in [1.82, 2.24) is 9.78 Å². The average molecular weight is 391 g/mol. The van der Waals surface area contributed by atoms with Crippen LogP contribution in [0, 0.1) is 6.92 Å². The number of aryl methyl sites for hydroxylation is 1. The van der Waals surface area contributed by atoms with Crippen molar-refractivity contribution in [3.8, 4) is 5.69 Å². The SMILES string of the molecule is CCCOC(=O)c1ccc(NC(=O)c2nn(-c3ccccc3)c(C)cc2=O)cc1. The van der Waals surface area contributed by atoms with Crippen molar-refractivity contribution < 1.29 is 14.3 Å². The van der Waals surface area contributed by atoms with Crippen molar-refractivity contribution in [3.63, 3.8) is 0 Å². The van der Waals surface area contributed by atoms with Crippen molar-refractivity contribution >= 4 is 17.6 Å². The first-order valence-corrected chi connectivity index (χ1v) is 9.24. The van der Waals surface area contributed by atoms with Crippen LogP contribution in [0.5, 0.6) is 0 Å². The number of carbonyl (C=O) groups excluding carboxylic acids is 2. The summed E-state index contributed by atoms with van der Waals surface area (Å²) in [7, 11) is 0. The Hall–Kier alpha value is -3.74. The molecule has 148 valence electrons. The van der Waals surface area contributed by atoms with Crippen LogP contribution in [0.3, 0.4) is 0 Å². The normalized spacial score (nSPS) is 10.4. The van der Waals surface area contributed by atoms with E-state index in [0.717, 1.165) is 12.1 Å². The smallest absolute Gasteiger partial charge is 0.338 e. The Morgan fingerprint density at radius 1 is 1.07 bits per heavy atom. The number of amides is 1. The van der Waals surface area contributed by atoms with Gasteiger partial charge in [0.05, 0.1) is 17.9 Å². The molecule has 3 aromatic rings. The van der Waals surface area contributed by atoms with E-state index in [2.05, 4.69) is 10.4 Å². The van der Waals surface area contributed by atoms with E-state index in [4.69, 9.17) is 4.74 Å². The molecule has 0 radical (unpaired) electrons. The second kappa shape index (κ2) is 8.97. The molecule has 0 bridgehead atoms. The zero-order valence-corrected chi connectivity index (χ0v) is 16.2. The van der Waals surface area contributed by atoms with Crippen LogP contribution in [0.1, 0.15) is 39.9 Å². The first-order valence-electron chi connectivity index (χ1n) is 9.24. The van der Waals surface area contributed by atoms with Crippen LogP contribution in [-0.2, 0) is 4.74 Å². The summed E-state index contributed by atoms with van der Waals surface area (Å²) in [5, 5.41) is 6.88.